The zero-order chi connectivity index (χ0) is 14.7. The maximum atomic E-state index is 6.23. The SMILES string of the molecule is CCN1CCN(c2ncnc(Nc3nccs3)c2N)CC1. The van der Waals surface area contributed by atoms with Crippen molar-refractivity contribution in [2.75, 3.05) is 48.7 Å². The van der Waals surface area contributed by atoms with Crippen LogP contribution in [-0.2, 0) is 0 Å². The van der Waals surface area contributed by atoms with Crippen molar-refractivity contribution in [3.8, 4) is 0 Å². The van der Waals surface area contributed by atoms with Gasteiger partial charge in [0.15, 0.2) is 16.8 Å². The molecule has 3 N–H and O–H groups in total. The minimum absolute atomic E-state index is 0.581. The molecule has 1 fully saturated rings. The topological polar surface area (TPSA) is 83.2 Å². The summed E-state index contributed by atoms with van der Waals surface area (Å²) in [6.45, 7) is 7.22. The minimum atomic E-state index is 0.581. The predicted octanol–water partition coefficient (Wildman–Crippen LogP) is 1.40. The Hall–Kier alpha value is -1.93. The van der Waals surface area contributed by atoms with Gasteiger partial charge in [0.25, 0.3) is 0 Å². The third kappa shape index (κ3) is 3.06. The third-order valence-electron chi connectivity index (χ3n) is 3.64. The molecule has 1 saturated heterocycles. The average molecular weight is 305 g/mol. The van der Waals surface area contributed by atoms with Gasteiger partial charge in [-0.3, -0.25) is 0 Å². The van der Waals surface area contributed by atoms with Crippen molar-refractivity contribution in [1.82, 2.24) is 19.9 Å². The molecule has 21 heavy (non-hydrogen) atoms. The molecule has 0 aliphatic carbocycles. The number of nitrogens with two attached hydrogens (primary N) is 1. The molecule has 2 aromatic rings. The Morgan fingerprint density at radius 1 is 1.24 bits per heavy atom. The molecule has 7 nitrogen and oxygen atoms in total. The Kier molecular flexibility index (Phi) is 4.16. The van der Waals surface area contributed by atoms with Gasteiger partial charge in [-0.05, 0) is 6.54 Å². The van der Waals surface area contributed by atoms with Gasteiger partial charge < -0.3 is 20.9 Å². The summed E-state index contributed by atoms with van der Waals surface area (Å²) in [5.41, 5.74) is 6.81. The van der Waals surface area contributed by atoms with E-state index in [9.17, 15) is 0 Å². The molecule has 0 unspecified atom stereocenters. The standard InChI is InChI=1S/C13H19N7S/c1-2-19-4-6-20(7-5-19)12-10(14)11(16-9-17-12)18-13-15-3-8-21-13/h3,8-9H,2,4-7,14H2,1H3,(H,15,16,17,18). The van der Waals surface area contributed by atoms with Gasteiger partial charge in [-0.1, -0.05) is 6.92 Å². The average Bonchev–Trinajstić information content (AvgIpc) is 3.03. The van der Waals surface area contributed by atoms with E-state index in [-0.39, 0.29) is 0 Å². The van der Waals surface area contributed by atoms with Crippen molar-refractivity contribution < 1.29 is 0 Å². The summed E-state index contributed by atoms with van der Waals surface area (Å²) in [6.07, 6.45) is 3.29. The fraction of sp³-hybridized carbons (Fsp3) is 0.462. The summed E-state index contributed by atoms with van der Waals surface area (Å²) in [4.78, 5) is 17.4. The quantitative estimate of drug-likeness (QED) is 0.883. The van der Waals surface area contributed by atoms with E-state index in [0.717, 1.165) is 43.7 Å². The molecule has 1 aliphatic heterocycles. The molecule has 8 heteroatoms. The van der Waals surface area contributed by atoms with Crippen LogP contribution in [-0.4, -0.2) is 52.6 Å². The van der Waals surface area contributed by atoms with E-state index < -0.39 is 0 Å². The van der Waals surface area contributed by atoms with Gasteiger partial charge in [-0.2, -0.15) is 0 Å². The van der Waals surface area contributed by atoms with E-state index >= 15 is 0 Å². The molecule has 0 radical (unpaired) electrons. The molecule has 0 atom stereocenters. The third-order valence-corrected chi connectivity index (χ3v) is 4.33. The van der Waals surface area contributed by atoms with Gasteiger partial charge in [0.1, 0.15) is 12.0 Å². The Labute approximate surface area is 127 Å². The monoisotopic (exact) mass is 305 g/mol. The molecule has 3 rings (SSSR count). The van der Waals surface area contributed by atoms with E-state index in [1.807, 2.05) is 5.38 Å². The van der Waals surface area contributed by atoms with Crippen molar-refractivity contribution in [3.05, 3.63) is 17.9 Å². The number of anilines is 4. The highest BCUT2D eigenvalue weighted by molar-refractivity contribution is 7.13. The largest absolute Gasteiger partial charge is 0.393 e. The predicted molar refractivity (Wildman–Crippen MR) is 86.2 cm³/mol. The van der Waals surface area contributed by atoms with Gasteiger partial charge in [0.05, 0.1) is 0 Å². The van der Waals surface area contributed by atoms with E-state index in [2.05, 4.69) is 37.0 Å². The molecular weight excluding hydrogens is 286 g/mol. The number of thiazole rings is 1. The van der Waals surface area contributed by atoms with E-state index in [1.54, 1.807) is 12.5 Å². The molecule has 0 aromatic carbocycles. The first-order valence-electron chi connectivity index (χ1n) is 7.02. The number of rotatable bonds is 4. The molecule has 0 spiro atoms. The Morgan fingerprint density at radius 2 is 2.05 bits per heavy atom. The Bertz CT molecular complexity index is 578. The zero-order valence-corrected chi connectivity index (χ0v) is 12.8. The molecule has 3 heterocycles. The lowest BCUT2D eigenvalue weighted by molar-refractivity contribution is 0.270. The number of nitrogens with one attached hydrogen (secondary N) is 1. The maximum absolute atomic E-state index is 6.23. The van der Waals surface area contributed by atoms with Gasteiger partial charge in [0.2, 0.25) is 0 Å². The molecular formula is C13H19N7S. The van der Waals surface area contributed by atoms with Crippen LogP contribution in [0, 0.1) is 0 Å². The van der Waals surface area contributed by atoms with Crippen LogP contribution >= 0.6 is 11.3 Å². The van der Waals surface area contributed by atoms with Crippen molar-refractivity contribution in [2.24, 2.45) is 0 Å². The first kappa shape index (κ1) is 14.0. The molecule has 0 amide bonds. The lowest BCUT2D eigenvalue weighted by Crippen LogP contribution is -2.46. The number of aromatic nitrogens is 3. The lowest BCUT2D eigenvalue weighted by Gasteiger charge is -2.35. The van der Waals surface area contributed by atoms with Crippen molar-refractivity contribution in [3.63, 3.8) is 0 Å². The zero-order valence-electron chi connectivity index (χ0n) is 12.0. The molecule has 1 aliphatic rings. The van der Waals surface area contributed by atoms with Crippen LogP contribution in [0.15, 0.2) is 17.9 Å². The highest BCUT2D eigenvalue weighted by Gasteiger charge is 2.20. The van der Waals surface area contributed by atoms with Gasteiger partial charge >= 0.3 is 0 Å². The van der Waals surface area contributed by atoms with Crippen LogP contribution in [0.5, 0.6) is 0 Å². The highest BCUT2D eigenvalue weighted by Crippen LogP contribution is 2.29. The fourth-order valence-corrected chi connectivity index (χ4v) is 2.93. The van der Waals surface area contributed by atoms with Crippen molar-refractivity contribution in [2.45, 2.75) is 6.92 Å². The maximum Gasteiger partial charge on any atom is 0.188 e. The van der Waals surface area contributed by atoms with Gasteiger partial charge in [-0.15, -0.1) is 11.3 Å². The van der Waals surface area contributed by atoms with E-state index in [0.29, 0.717) is 11.5 Å². The summed E-state index contributed by atoms with van der Waals surface area (Å²) in [7, 11) is 0. The van der Waals surface area contributed by atoms with Crippen LogP contribution < -0.4 is 16.0 Å². The number of nitrogens with zero attached hydrogens (tertiary/aromatic N) is 5. The van der Waals surface area contributed by atoms with E-state index in [1.165, 1.54) is 11.3 Å². The van der Waals surface area contributed by atoms with Crippen molar-refractivity contribution in [1.29, 1.82) is 0 Å². The van der Waals surface area contributed by atoms with Crippen LogP contribution in [0.2, 0.25) is 0 Å². The number of hydrogen-bond donors (Lipinski definition) is 2. The fourth-order valence-electron chi connectivity index (χ4n) is 2.40. The second-order valence-electron chi connectivity index (χ2n) is 4.84. The summed E-state index contributed by atoms with van der Waals surface area (Å²) < 4.78 is 0. The first-order valence-corrected chi connectivity index (χ1v) is 7.90. The Morgan fingerprint density at radius 3 is 2.71 bits per heavy atom. The van der Waals surface area contributed by atoms with Gasteiger partial charge in [-0.25, -0.2) is 15.0 Å². The van der Waals surface area contributed by atoms with Crippen LogP contribution in [0.3, 0.4) is 0 Å². The highest BCUT2D eigenvalue weighted by atomic mass is 32.1. The molecule has 0 bridgehead atoms. The summed E-state index contributed by atoms with van der Waals surface area (Å²) in [5, 5.41) is 5.83. The van der Waals surface area contributed by atoms with Gasteiger partial charge in [0, 0.05) is 37.8 Å². The number of piperazine rings is 1. The normalized spacial score (nSPS) is 16.1. The smallest absolute Gasteiger partial charge is 0.188 e. The molecule has 112 valence electrons. The number of likely N-dealkylation sites (N-methyl/N-ethyl adjacent to an activating group) is 1. The van der Waals surface area contributed by atoms with E-state index in [4.69, 9.17) is 5.73 Å². The van der Waals surface area contributed by atoms with Crippen LogP contribution in [0.25, 0.3) is 0 Å². The summed E-state index contributed by atoms with van der Waals surface area (Å²) in [6, 6.07) is 0. The number of hydrogen-bond acceptors (Lipinski definition) is 8. The summed E-state index contributed by atoms with van der Waals surface area (Å²) >= 11 is 1.51. The molecule has 0 saturated carbocycles. The van der Waals surface area contributed by atoms with Crippen LogP contribution in [0.4, 0.5) is 22.5 Å². The lowest BCUT2D eigenvalue weighted by atomic mass is 10.3. The minimum Gasteiger partial charge on any atom is -0.393 e. The molecule has 2 aromatic heterocycles. The second kappa shape index (κ2) is 6.23. The first-order chi connectivity index (χ1) is 10.3. The number of nitrogen functional groups attached to an aromatic ring is 1. The second-order valence-corrected chi connectivity index (χ2v) is 5.74. The summed E-state index contributed by atoms with van der Waals surface area (Å²) in [5.74, 6) is 1.42. The Balaban J connectivity index is 1.77. The van der Waals surface area contributed by atoms with Crippen LogP contribution in [0.1, 0.15) is 6.92 Å². The van der Waals surface area contributed by atoms with Crippen molar-refractivity contribution >= 4 is 33.8 Å².